The molecule has 19 heavy (non-hydrogen) atoms. The standard InChI is InChI=1S/C10H17ClN4O3S/c1-4-15(5-2)8(16)6-13-19(17,18)10-9(11)14(3)7-12-10/h7,13H,4-6H2,1-3H3. The molecule has 0 radical (unpaired) electrons. The van der Waals surface area contributed by atoms with Gasteiger partial charge in [-0.25, -0.2) is 18.1 Å². The number of likely N-dealkylation sites (N-methyl/N-ethyl adjacent to an activating group) is 1. The maximum Gasteiger partial charge on any atom is 0.261 e. The molecule has 1 heterocycles. The minimum atomic E-state index is -3.88. The second kappa shape index (κ2) is 6.36. The van der Waals surface area contributed by atoms with Crippen LogP contribution in [0.25, 0.3) is 0 Å². The summed E-state index contributed by atoms with van der Waals surface area (Å²) in [7, 11) is -2.30. The van der Waals surface area contributed by atoms with Crippen molar-refractivity contribution in [2.24, 2.45) is 7.05 Å². The van der Waals surface area contributed by atoms with E-state index in [-0.39, 0.29) is 22.6 Å². The van der Waals surface area contributed by atoms with Crippen molar-refractivity contribution in [2.45, 2.75) is 18.9 Å². The Balaban J connectivity index is 2.77. The van der Waals surface area contributed by atoms with Crippen molar-refractivity contribution in [2.75, 3.05) is 19.6 Å². The minimum Gasteiger partial charge on any atom is -0.342 e. The van der Waals surface area contributed by atoms with Crippen LogP contribution in [0.1, 0.15) is 13.8 Å². The number of amides is 1. The first-order chi connectivity index (χ1) is 8.83. The van der Waals surface area contributed by atoms with Gasteiger partial charge in [0, 0.05) is 20.1 Å². The predicted octanol–water partition coefficient (Wildman–Crippen LogP) is 0.220. The number of aromatic nitrogens is 2. The molecule has 0 aliphatic carbocycles. The van der Waals surface area contributed by atoms with Crippen molar-refractivity contribution < 1.29 is 13.2 Å². The first-order valence-corrected chi connectivity index (χ1v) is 7.63. The molecular formula is C10H17ClN4O3S. The first-order valence-electron chi connectivity index (χ1n) is 5.77. The van der Waals surface area contributed by atoms with Crippen LogP contribution in [0, 0.1) is 0 Å². The highest BCUT2D eigenvalue weighted by Crippen LogP contribution is 2.17. The number of sulfonamides is 1. The van der Waals surface area contributed by atoms with Gasteiger partial charge in [0.05, 0.1) is 12.9 Å². The van der Waals surface area contributed by atoms with Gasteiger partial charge in [-0.1, -0.05) is 11.6 Å². The van der Waals surface area contributed by atoms with E-state index in [4.69, 9.17) is 11.6 Å². The topological polar surface area (TPSA) is 84.3 Å². The molecular weight excluding hydrogens is 292 g/mol. The third-order valence-electron chi connectivity index (χ3n) is 2.62. The molecule has 7 nitrogen and oxygen atoms in total. The van der Waals surface area contributed by atoms with E-state index in [1.165, 1.54) is 15.8 Å². The van der Waals surface area contributed by atoms with Crippen LogP contribution in [0.5, 0.6) is 0 Å². The van der Waals surface area contributed by atoms with Crippen LogP contribution >= 0.6 is 11.6 Å². The molecule has 108 valence electrons. The van der Waals surface area contributed by atoms with Gasteiger partial charge in [0.2, 0.25) is 10.9 Å². The number of halogens is 1. The summed E-state index contributed by atoms with van der Waals surface area (Å²) in [5, 5.41) is -0.271. The van der Waals surface area contributed by atoms with Gasteiger partial charge >= 0.3 is 0 Å². The second-order valence-electron chi connectivity index (χ2n) is 3.84. The van der Waals surface area contributed by atoms with Gasteiger partial charge in [-0.2, -0.15) is 0 Å². The minimum absolute atomic E-state index is 0.00258. The van der Waals surface area contributed by atoms with E-state index in [0.29, 0.717) is 13.1 Å². The van der Waals surface area contributed by atoms with Crippen LogP contribution in [0.4, 0.5) is 0 Å². The zero-order chi connectivity index (χ0) is 14.6. The Bertz CT molecular complexity index is 551. The molecule has 1 rings (SSSR count). The fourth-order valence-corrected chi connectivity index (χ4v) is 2.89. The van der Waals surface area contributed by atoms with E-state index < -0.39 is 10.0 Å². The van der Waals surface area contributed by atoms with Crippen molar-refractivity contribution in [3.05, 3.63) is 11.5 Å². The lowest BCUT2D eigenvalue weighted by Crippen LogP contribution is -2.40. The number of imidazole rings is 1. The van der Waals surface area contributed by atoms with Gasteiger partial charge in [-0.3, -0.25) is 4.79 Å². The summed E-state index contributed by atoms with van der Waals surface area (Å²) in [5.74, 6) is -0.291. The third kappa shape index (κ3) is 3.68. The number of rotatable bonds is 6. The number of carbonyl (C=O) groups is 1. The normalized spacial score (nSPS) is 11.6. The maximum absolute atomic E-state index is 11.9. The fraction of sp³-hybridized carbons (Fsp3) is 0.600. The maximum atomic E-state index is 11.9. The highest BCUT2D eigenvalue weighted by molar-refractivity contribution is 7.89. The molecule has 0 atom stereocenters. The van der Waals surface area contributed by atoms with E-state index in [1.807, 2.05) is 13.8 Å². The first kappa shape index (κ1) is 15.9. The summed E-state index contributed by atoms with van der Waals surface area (Å²) in [5.41, 5.74) is 0. The monoisotopic (exact) mass is 308 g/mol. The van der Waals surface area contributed by atoms with Crippen molar-refractivity contribution in [3.63, 3.8) is 0 Å². The number of aryl methyl sites for hydroxylation is 1. The molecule has 0 bridgehead atoms. The summed E-state index contributed by atoms with van der Waals surface area (Å²) in [6.45, 7) is 4.40. The Morgan fingerprint density at radius 2 is 2.05 bits per heavy atom. The van der Waals surface area contributed by atoms with Crippen LogP contribution < -0.4 is 4.72 Å². The average molecular weight is 309 g/mol. The summed E-state index contributed by atoms with van der Waals surface area (Å²) >= 11 is 5.81. The summed E-state index contributed by atoms with van der Waals surface area (Å²) in [6, 6.07) is 0. The molecule has 0 unspecified atom stereocenters. The van der Waals surface area contributed by atoms with Crippen LogP contribution in [-0.2, 0) is 21.9 Å². The SMILES string of the molecule is CCN(CC)C(=O)CNS(=O)(=O)c1ncn(C)c1Cl. The van der Waals surface area contributed by atoms with E-state index >= 15 is 0 Å². The summed E-state index contributed by atoms with van der Waals surface area (Å²) < 4.78 is 27.4. The number of hydrogen-bond donors (Lipinski definition) is 1. The van der Waals surface area contributed by atoms with Crippen LogP contribution in [0.3, 0.4) is 0 Å². The zero-order valence-electron chi connectivity index (χ0n) is 11.1. The average Bonchev–Trinajstić information content (AvgIpc) is 2.70. The van der Waals surface area contributed by atoms with Gasteiger partial charge in [-0.05, 0) is 13.8 Å². The zero-order valence-corrected chi connectivity index (χ0v) is 12.6. The van der Waals surface area contributed by atoms with E-state index in [0.717, 1.165) is 0 Å². The lowest BCUT2D eigenvalue weighted by molar-refractivity contribution is -0.129. The molecule has 0 aromatic carbocycles. The smallest absolute Gasteiger partial charge is 0.261 e. The van der Waals surface area contributed by atoms with Crippen molar-refractivity contribution in [1.82, 2.24) is 19.2 Å². The fourth-order valence-electron chi connectivity index (χ4n) is 1.49. The summed E-state index contributed by atoms with van der Waals surface area (Å²) in [4.78, 5) is 16.9. The van der Waals surface area contributed by atoms with E-state index in [2.05, 4.69) is 9.71 Å². The Morgan fingerprint density at radius 3 is 2.47 bits per heavy atom. The number of nitrogens with one attached hydrogen (secondary N) is 1. The molecule has 9 heteroatoms. The van der Waals surface area contributed by atoms with Crippen molar-refractivity contribution in [3.8, 4) is 0 Å². The van der Waals surface area contributed by atoms with Gasteiger partial charge < -0.3 is 9.47 Å². The third-order valence-corrected chi connectivity index (χ3v) is 4.51. The van der Waals surface area contributed by atoms with Crippen LogP contribution in [0.2, 0.25) is 5.15 Å². The number of carbonyl (C=O) groups excluding carboxylic acids is 1. The quantitative estimate of drug-likeness (QED) is 0.815. The Morgan fingerprint density at radius 1 is 1.47 bits per heavy atom. The van der Waals surface area contributed by atoms with Gasteiger partial charge in [0.1, 0.15) is 5.15 Å². The van der Waals surface area contributed by atoms with Gasteiger partial charge in [-0.15, -0.1) is 0 Å². The molecule has 1 aromatic heterocycles. The van der Waals surface area contributed by atoms with Gasteiger partial charge in [0.25, 0.3) is 10.0 Å². The van der Waals surface area contributed by atoms with E-state index in [9.17, 15) is 13.2 Å². The Kier molecular flexibility index (Phi) is 5.33. The van der Waals surface area contributed by atoms with Gasteiger partial charge in [0.15, 0.2) is 0 Å². The molecule has 0 aliphatic heterocycles. The number of hydrogen-bond acceptors (Lipinski definition) is 4. The number of nitrogens with zero attached hydrogens (tertiary/aromatic N) is 3. The largest absolute Gasteiger partial charge is 0.342 e. The van der Waals surface area contributed by atoms with Crippen LogP contribution in [-0.4, -0.2) is 48.4 Å². The van der Waals surface area contributed by atoms with E-state index in [1.54, 1.807) is 7.05 Å². The molecule has 0 fully saturated rings. The predicted molar refractivity (Wildman–Crippen MR) is 71.3 cm³/mol. The molecule has 1 aromatic rings. The van der Waals surface area contributed by atoms with Crippen molar-refractivity contribution >= 4 is 27.5 Å². The lowest BCUT2D eigenvalue weighted by Gasteiger charge is -2.18. The highest BCUT2D eigenvalue weighted by Gasteiger charge is 2.23. The second-order valence-corrected chi connectivity index (χ2v) is 5.88. The molecule has 1 N–H and O–H groups in total. The van der Waals surface area contributed by atoms with Crippen molar-refractivity contribution in [1.29, 1.82) is 0 Å². The lowest BCUT2D eigenvalue weighted by atomic mass is 10.4. The Hall–Kier alpha value is -1.12. The highest BCUT2D eigenvalue weighted by atomic mass is 35.5. The molecule has 0 saturated heterocycles. The van der Waals surface area contributed by atoms with Crippen LogP contribution in [0.15, 0.2) is 11.4 Å². The molecule has 0 spiro atoms. The summed E-state index contributed by atoms with van der Waals surface area (Å²) in [6.07, 6.45) is 1.29. The Labute approximate surface area is 117 Å². The molecule has 0 saturated carbocycles. The molecule has 0 aliphatic rings. The molecule has 1 amide bonds.